The quantitative estimate of drug-likeness (QED) is 0.637. The van der Waals surface area contributed by atoms with Crippen LogP contribution in [0.4, 0.5) is 5.69 Å². The zero-order valence-corrected chi connectivity index (χ0v) is 19.3. The molecule has 168 valence electrons. The Morgan fingerprint density at radius 2 is 1.75 bits per heavy atom. The van der Waals surface area contributed by atoms with Gasteiger partial charge in [-0.1, -0.05) is 6.92 Å². The summed E-state index contributed by atoms with van der Waals surface area (Å²) >= 11 is 0. The molecule has 4 rings (SSSR count). The molecule has 0 aliphatic carbocycles. The molecular weight excluding hydrogens is 426 g/mol. The van der Waals surface area contributed by atoms with Crippen molar-refractivity contribution in [2.24, 2.45) is 5.92 Å². The van der Waals surface area contributed by atoms with Gasteiger partial charge in [-0.25, -0.2) is 18.1 Å². The van der Waals surface area contributed by atoms with E-state index in [-0.39, 0.29) is 10.8 Å². The molecule has 1 aliphatic heterocycles. The van der Waals surface area contributed by atoms with Gasteiger partial charge in [0.25, 0.3) is 5.91 Å². The first kappa shape index (κ1) is 22.2. The van der Waals surface area contributed by atoms with Gasteiger partial charge >= 0.3 is 0 Å². The highest BCUT2D eigenvalue weighted by atomic mass is 32.2. The zero-order chi connectivity index (χ0) is 22.9. The van der Waals surface area contributed by atoms with E-state index in [0.29, 0.717) is 36.1 Å². The lowest BCUT2D eigenvalue weighted by Crippen LogP contribution is -2.37. The minimum Gasteiger partial charge on any atom is -0.322 e. The van der Waals surface area contributed by atoms with E-state index in [4.69, 9.17) is 0 Å². The number of pyridine rings is 1. The number of carbonyl (C=O) groups is 1. The monoisotopic (exact) mass is 453 g/mol. The smallest absolute Gasteiger partial charge is 0.257 e. The average Bonchev–Trinajstić information content (AvgIpc) is 3.12. The molecule has 0 atom stereocenters. The highest BCUT2D eigenvalue weighted by molar-refractivity contribution is 7.89. The second-order valence-electron chi connectivity index (χ2n) is 8.31. The van der Waals surface area contributed by atoms with Gasteiger partial charge < -0.3 is 5.32 Å². The molecule has 1 aliphatic rings. The van der Waals surface area contributed by atoms with Crippen molar-refractivity contribution in [3.63, 3.8) is 0 Å². The lowest BCUT2D eigenvalue weighted by atomic mass is 10.0. The third kappa shape index (κ3) is 4.58. The Bertz CT molecular complexity index is 1210. The number of sulfonamides is 1. The van der Waals surface area contributed by atoms with Crippen LogP contribution in [0.15, 0.2) is 53.6 Å². The van der Waals surface area contributed by atoms with Crippen LogP contribution in [0.25, 0.3) is 5.82 Å². The van der Waals surface area contributed by atoms with Crippen molar-refractivity contribution in [1.29, 1.82) is 0 Å². The largest absolute Gasteiger partial charge is 0.322 e. The molecular formula is C23H27N5O3S. The van der Waals surface area contributed by atoms with E-state index in [9.17, 15) is 13.2 Å². The molecule has 1 saturated heterocycles. The maximum Gasteiger partial charge on any atom is 0.257 e. The van der Waals surface area contributed by atoms with Gasteiger partial charge in [-0.05, 0) is 75.1 Å². The van der Waals surface area contributed by atoms with E-state index in [1.54, 1.807) is 28.9 Å². The highest BCUT2D eigenvalue weighted by Gasteiger charge is 2.27. The number of nitrogens with one attached hydrogen (secondary N) is 1. The van der Waals surface area contributed by atoms with E-state index in [1.165, 1.54) is 22.6 Å². The van der Waals surface area contributed by atoms with Crippen molar-refractivity contribution in [3.05, 3.63) is 65.6 Å². The second-order valence-corrected chi connectivity index (χ2v) is 10.2. The minimum atomic E-state index is -3.51. The third-order valence-corrected chi connectivity index (χ3v) is 7.64. The van der Waals surface area contributed by atoms with Crippen LogP contribution in [0, 0.1) is 19.8 Å². The molecule has 9 heteroatoms. The van der Waals surface area contributed by atoms with Crippen LogP contribution in [-0.4, -0.2) is 46.5 Å². The molecule has 1 aromatic carbocycles. The summed E-state index contributed by atoms with van der Waals surface area (Å²) in [6, 6.07) is 11.7. The van der Waals surface area contributed by atoms with Crippen molar-refractivity contribution in [2.75, 3.05) is 18.4 Å². The molecule has 0 spiro atoms. The summed E-state index contributed by atoms with van der Waals surface area (Å²) in [7, 11) is -3.51. The molecule has 0 bridgehead atoms. The Hall–Kier alpha value is -3.04. The predicted molar refractivity (Wildman–Crippen MR) is 122 cm³/mol. The number of nitrogens with zero attached hydrogens (tertiary/aromatic N) is 4. The number of aryl methyl sites for hydroxylation is 2. The fraction of sp³-hybridized carbons (Fsp3) is 0.348. The Kier molecular flexibility index (Phi) is 6.12. The number of amides is 1. The molecule has 3 heterocycles. The van der Waals surface area contributed by atoms with Crippen LogP contribution < -0.4 is 5.32 Å². The SMILES string of the molecule is Cc1cc(C)n(-c2ccc(C(=O)Nc3ccc(S(=O)(=O)N4CCC(C)CC4)cc3)cn2)n1. The number of rotatable bonds is 5. The van der Waals surface area contributed by atoms with Crippen LogP contribution in [0.5, 0.6) is 0 Å². The fourth-order valence-electron chi connectivity index (χ4n) is 3.79. The summed E-state index contributed by atoms with van der Waals surface area (Å²) in [5, 5.41) is 7.18. The lowest BCUT2D eigenvalue weighted by molar-refractivity contribution is 0.102. The number of hydrogen-bond donors (Lipinski definition) is 1. The van der Waals surface area contributed by atoms with Gasteiger partial charge in [0.15, 0.2) is 5.82 Å². The molecule has 0 saturated carbocycles. The summed E-state index contributed by atoms with van der Waals surface area (Å²) in [5.41, 5.74) is 2.77. The first-order chi connectivity index (χ1) is 15.2. The normalized spacial score (nSPS) is 15.6. The second kappa shape index (κ2) is 8.84. The first-order valence-corrected chi connectivity index (χ1v) is 12.1. The van der Waals surface area contributed by atoms with Crippen molar-refractivity contribution in [2.45, 2.75) is 38.5 Å². The average molecular weight is 454 g/mol. The summed E-state index contributed by atoms with van der Waals surface area (Å²) in [6.07, 6.45) is 3.25. The molecule has 8 nitrogen and oxygen atoms in total. The molecule has 0 radical (unpaired) electrons. The van der Waals surface area contributed by atoms with E-state index in [0.717, 1.165) is 24.2 Å². The van der Waals surface area contributed by atoms with Gasteiger partial charge in [-0.15, -0.1) is 0 Å². The summed E-state index contributed by atoms with van der Waals surface area (Å²) in [4.78, 5) is 17.2. The predicted octanol–water partition coefficient (Wildman–Crippen LogP) is 3.56. The Morgan fingerprint density at radius 1 is 1.06 bits per heavy atom. The van der Waals surface area contributed by atoms with Crippen LogP contribution >= 0.6 is 0 Å². The van der Waals surface area contributed by atoms with Crippen molar-refractivity contribution >= 4 is 21.6 Å². The van der Waals surface area contributed by atoms with Crippen LogP contribution in [0.1, 0.15) is 41.5 Å². The van der Waals surface area contributed by atoms with E-state index >= 15 is 0 Å². The van der Waals surface area contributed by atoms with Crippen molar-refractivity contribution < 1.29 is 13.2 Å². The maximum atomic E-state index is 12.8. The van der Waals surface area contributed by atoms with Crippen molar-refractivity contribution in [1.82, 2.24) is 19.1 Å². The lowest BCUT2D eigenvalue weighted by Gasteiger charge is -2.29. The van der Waals surface area contributed by atoms with E-state index < -0.39 is 10.0 Å². The summed E-state index contributed by atoms with van der Waals surface area (Å²) in [5.74, 6) is 0.863. The standard InChI is InChI=1S/C23H27N5O3S/c1-16-10-12-27(13-11-16)32(30,31)21-7-5-20(6-8-21)25-23(29)19-4-9-22(24-15-19)28-18(3)14-17(2)26-28/h4-9,14-16H,10-13H2,1-3H3,(H,25,29). The molecule has 32 heavy (non-hydrogen) atoms. The van der Waals surface area contributed by atoms with Crippen LogP contribution in [0.2, 0.25) is 0 Å². The van der Waals surface area contributed by atoms with Gasteiger partial charge in [-0.2, -0.15) is 9.40 Å². The molecule has 3 aromatic rings. The Balaban J connectivity index is 1.43. The fourth-order valence-corrected chi connectivity index (χ4v) is 5.26. The number of anilines is 1. The third-order valence-electron chi connectivity index (χ3n) is 5.73. The first-order valence-electron chi connectivity index (χ1n) is 10.7. The Morgan fingerprint density at radius 3 is 2.31 bits per heavy atom. The van der Waals surface area contributed by atoms with E-state index in [2.05, 4.69) is 22.3 Å². The van der Waals surface area contributed by atoms with Gasteiger partial charge in [0, 0.05) is 30.7 Å². The number of carbonyl (C=O) groups excluding carboxylic acids is 1. The van der Waals surface area contributed by atoms with E-state index in [1.807, 2.05) is 19.9 Å². The van der Waals surface area contributed by atoms with Gasteiger partial charge in [-0.3, -0.25) is 4.79 Å². The Labute approximate surface area is 188 Å². The topological polar surface area (TPSA) is 97.2 Å². The summed E-state index contributed by atoms with van der Waals surface area (Å²) < 4.78 is 29.0. The van der Waals surface area contributed by atoms with Crippen LogP contribution in [-0.2, 0) is 10.0 Å². The van der Waals surface area contributed by atoms with Gasteiger partial charge in [0.05, 0.1) is 16.2 Å². The van der Waals surface area contributed by atoms with Gasteiger partial charge in [0.2, 0.25) is 10.0 Å². The number of piperidine rings is 1. The molecule has 0 unspecified atom stereocenters. The molecule has 1 amide bonds. The highest BCUT2D eigenvalue weighted by Crippen LogP contribution is 2.24. The minimum absolute atomic E-state index is 0.237. The summed E-state index contributed by atoms with van der Waals surface area (Å²) in [6.45, 7) is 7.09. The zero-order valence-electron chi connectivity index (χ0n) is 18.4. The number of hydrogen-bond acceptors (Lipinski definition) is 5. The maximum absolute atomic E-state index is 12.8. The number of benzene rings is 1. The van der Waals surface area contributed by atoms with Crippen molar-refractivity contribution in [3.8, 4) is 5.82 Å². The molecule has 2 aromatic heterocycles. The molecule has 1 fully saturated rings. The van der Waals surface area contributed by atoms with Crippen LogP contribution in [0.3, 0.4) is 0 Å². The van der Waals surface area contributed by atoms with Gasteiger partial charge in [0.1, 0.15) is 0 Å². The number of aromatic nitrogens is 3. The molecule has 1 N–H and O–H groups in total.